The Kier molecular flexibility index (Phi) is 5.08. The van der Waals surface area contributed by atoms with Gasteiger partial charge in [-0.2, -0.15) is 0 Å². The first kappa shape index (κ1) is 20.2. The van der Waals surface area contributed by atoms with E-state index in [1.807, 2.05) is 18.2 Å². The zero-order valence-corrected chi connectivity index (χ0v) is 17.4. The second-order valence-electron chi connectivity index (χ2n) is 8.31. The van der Waals surface area contributed by atoms with Crippen molar-refractivity contribution in [3.63, 3.8) is 0 Å². The lowest BCUT2D eigenvalue weighted by Gasteiger charge is -2.29. The highest BCUT2D eigenvalue weighted by Crippen LogP contribution is 2.32. The number of piperidine rings is 1. The minimum absolute atomic E-state index is 0.0600. The fourth-order valence-electron chi connectivity index (χ4n) is 4.74. The number of aromatic nitrogens is 1. The molecule has 9 nitrogen and oxygen atoms in total. The van der Waals surface area contributed by atoms with Gasteiger partial charge in [-0.3, -0.25) is 24.7 Å². The molecule has 0 aliphatic carbocycles. The molecule has 2 unspecified atom stereocenters. The van der Waals surface area contributed by atoms with Crippen molar-refractivity contribution in [2.75, 3.05) is 11.9 Å². The van der Waals surface area contributed by atoms with Crippen LogP contribution in [-0.4, -0.2) is 51.1 Å². The Balaban J connectivity index is 1.30. The van der Waals surface area contributed by atoms with Crippen molar-refractivity contribution >= 4 is 29.4 Å². The molecular formula is C23H23N5O4. The SMILES string of the molecule is O=C1CCC(N2Cc3cc(NC(=O)N4CCCC4c4ccccn4)ccc3C2=O)C(=O)N1. The second kappa shape index (κ2) is 8.07. The van der Waals surface area contributed by atoms with Gasteiger partial charge in [-0.15, -0.1) is 0 Å². The van der Waals surface area contributed by atoms with Gasteiger partial charge in [-0.25, -0.2) is 4.79 Å². The number of carbonyl (C=O) groups excluding carboxylic acids is 4. The number of carbonyl (C=O) groups is 4. The van der Waals surface area contributed by atoms with Crippen LogP contribution in [0.5, 0.6) is 0 Å². The van der Waals surface area contributed by atoms with Gasteiger partial charge in [-0.05, 0) is 55.2 Å². The molecule has 3 aliphatic rings. The number of nitrogens with zero attached hydrogens (tertiary/aromatic N) is 3. The van der Waals surface area contributed by atoms with Crippen LogP contribution in [0.1, 0.15) is 53.3 Å². The first-order valence-corrected chi connectivity index (χ1v) is 10.8. The van der Waals surface area contributed by atoms with E-state index in [0.29, 0.717) is 24.2 Å². The summed E-state index contributed by atoms with van der Waals surface area (Å²) in [6.45, 7) is 0.921. The Bertz CT molecular complexity index is 1100. The molecule has 2 aromatic rings. The largest absolute Gasteiger partial charge is 0.322 e. The summed E-state index contributed by atoms with van der Waals surface area (Å²) in [5.74, 6) is -0.987. The van der Waals surface area contributed by atoms with E-state index in [4.69, 9.17) is 0 Å². The molecular weight excluding hydrogens is 410 g/mol. The number of likely N-dealkylation sites (tertiary alicyclic amines) is 1. The molecule has 2 N–H and O–H groups in total. The molecule has 9 heteroatoms. The third-order valence-electron chi connectivity index (χ3n) is 6.32. The third-order valence-corrected chi connectivity index (χ3v) is 6.32. The van der Waals surface area contributed by atoms with Crippen molar-refractivity contribution in [1.82, 2.24) is 20.1 Å². The molecule has 2 atom stereocenters. The predicted octanol–water partition coefficient (Wildman–Crippen LogP) is 2.21. The topological polar surface area (TPSA) is 112 Å². The van der Waals surface area contributed by atoms with Gasteiger partial charge in [0.2, 0.25) is 11.8 Å². The van der Waals surface area contributed by atoms with Crippen molar-refractivity contribution in [3.8, 4) is 0 Å². The minimum atomic E-state index is -0.658. The summed E-state index contributed by atoms with van der Waals surface area (Å²) in [4.78, 5) is 57.1. The van der Waals surface area contributed by atoms with E-state index in [2.05, 4.69) is 15.6 Å². The summed E-state index contributed by atoms with van der Waals surface area (Å²) in [5.41, 5.74) is 2.73. The zero-order chi connectivity index (χ0) is 22.2. The molecule has 0 spiro atoms. The third kappa shape index (κ3) is 3.59. The smallest absolute Gasteiger partial charge is 0.322 e. The molecule has 1 aromatic carbocycles. The second-order valence-corrected chi connectivity index (χ2v) is 8.31. The number of anilines is 1. The van der Waals surface area contributed by atoms with E-state index in [1.54, 1.807) is 29.3 Å². The molecule has 164 valence electrons. The van der Waals surface area contributed by atoms with E-state index < -0.39 is 11.9 Å². The van der Waals surface area contributed by atoms with Crippen LogP contribution in [0.25, 0.3) is 0 Å². The number of pyridine rings is 1. The van der Waals surface area contributed by atoms with Crippen LogP contribution in [0.4, 0.5) is 10.5 Å². The van der Waals surface area contributed by atoms with Gasteiger partial charge in [0.25, 0.3) is 5.91 Å². The van der Waals surface area contributed by atoms with E-state index in [0.717, 1.165) is 24.1 Å². The van der Waals surface area contributed by atoms with Crippen molar-refractivity contribution < 1.29 is 19.2 Å². The van der Waals surface area contributed by atoms with Crippen LogP contribution in [0.2, 0.25) is 0 Å². The number of fused-ring (bicyclic) bond motifs is 1. The maximum atomic E-state index is 13.0. The van der Waals surface area contributed by atoms with E-state index in [-0.39, 0.29) is 36.9 Å². The van der Waals surface area contributed by atoms with Gasteiger partial charge in [0, 0.05) is 37.0 Å². The normalized spacial score (nSPS) is 22.7. The van der Waals surface area contributed by atoms with Gasteiger partial charge >= 0.3 is 6.03 Å². The number of urea groups is 1. The van der Waals surface area contributed by atoms with E-state index in [9.17, 15) is 19.2 Å². The van der Waals surface area contributed by atoms with Crippen molar-refractivity contribution in [1.29, 1.82) is 0 Å². The van der Waals surface area contributed by atoms with Crippen molar-refractivity contribution in [3.05, 3.63) is 59.4 Å². The van der Waals surface area contributed by atoms with Crippen LogP contribution in [0.15, 0.2) is 42.6 Å². The lowest BCUT2D eigenvalue weighted by Crippen LogP contribution is -2.52. The number of benzene rings is 1. The van der Waals surface area contributed by atoms with Crippen LogP contribution in [-0.2, 0) is 16.1 Å². The van der Waals surface area contributed by atoms with Gasteiger partial charge < -0.3 is 15.1 Å². The number of amides is 5. The van der Waals surface area contributed by atoms with E-state index >= 15 is 0 Å². The predicted molar refractivity (Wildman–Crippen MR) is 114 cm³/mol. The summed E-state index contributed by atoms with van der Waals surface area (Å²) in [6.07, 6.45) is 4.04. The molecule has 2 fully saturated rings. The van der Waals surface area contributed by atoms with Gasteiger partial charge in [0.1, 0.15) is 6.04 Å². The summed E-state index contributed by atoms with van der Waals surface area (Å²) in [6, 6.07) is 9.95. The Labute approximate surface area is 184 Å². The van der Waals surface area contributed by atoms with Crippen molar-refractivity contribution in [2.24, 2.45) is 0 Å². The fraction of sp³-hybridized carbons (Fsp3) is 0.348. The molecule has 0 radical (unpaired) electrons. The molecule has 0 bridgehead atoms. The van der Waals surface area contributed by atoms with Crippen LogP contribution < -0.4 is 10.6 Å². The molecule has 1 aromatic heterocycles. The highest BCUT2D eigenvalue weighted by atomic mass is 16.2. The van der Waals surface area contributed by atoms with Crippen LogP contribution in [0.3, 0.4) is 0 Å². The molecule has 5 amide bonds. The quantitative estimate of drug-likeness (QED) is 0.721. The molecule has 2 saturated heterocycles. The molecule has 5 rings (SSSR count). The van der Waals surface area contributed by atoms with Crippen LogP contribution >= 0.6 is 0 Å². The highest BCUT2D eigenvalue weighted by molar-refractivity contribution is 6.05. The number of imide groups is 1. The van der Waals surface area contributed by atoms with E-state index in [1.165, 1.54) is 4.90 Å². The molecule has 0 saturated carbocycles. The number of rotatable bonds is 3. The Morgan fingerprint density at radius 2 is 1.97 bits per heavy atom. The highest BCUT2D eigenvalue weighted by Gasteiger charge is 2.39. The summed E-state index contributed by atoms with van der Waals surface area (Å²) in [7, 11) is 0. The maximum absolute atomic E-state index is 13.0. The van der Waals surface area contributed by atoms with Gasteiger partial charge in [-0.1, -0.05) is 6.07 Å². The summed E-state index contributed by atoms with van der Waals surface area (Å²) in [5, 5.41) is 5.24. The van der Waals surface area contributed by atoms with Crippen LogP contribution in [0, 0.1) is 0 Å². The lowest BCUT2D eigenvalue weighted by molar-refractivity contribution is -0.136. The molecule has 32 heavy (non-hydrogen) atoms. The first-order valence-electron chi connectivity index (χ1n) is 10.8. The number of hydrogen-bond donors (Lipinski definition) is 2. The average Bonchev–Trinajstić information content (AvgIpc) is 3.40. The minimum Gasteiger partial charge on any atom is -0.322 e. The number of nitrogens with one attached hydrogen (secondary N) is 2. The van der Waals surface area contributed by atoms with Gasteiger partial charge in [0.15, 0.2) is 0 Å². The number of hydrogen-bond acceptors (Lipinski definition) is 5. The Morgan fingerprint density at radius 3 is 2.75 bits per heavy atom. The standard InChI is InChI=1S/C23H23N5O4/c29-20-9-8-19(21(30)26-20)28-13-14-12-15(6-7-16(14)22(28)31)25-23(32)27-11-3-5-18(27)17-4-1-2-10-24-17/h1-2,4,6-7,10,12,18-19H,3,5,8-9,11,13H2,(H,25,32)(H,26,29,30). The molecule has 4 heterocycles. The van der Waals surface area contributed by atoms with Crippen molar-refractivity contribution in [2.45, 2.75) is 44.3 Å². The average molecular weight is 433 g/mol. The Hall–Kier alpha value is -3.75. The summed E-state index contributed by atoms with van der Waals surface area (Å²) >= 11 is 0. The fourth-order valence-corrected chi connectivity index (χ4v) is 4.74. The zero-order valence-electron chi connectivity index (χ0n) is 17.4. The van der Waals surface area contributed by atoms with Gasteiger partial charge in [0.05, 0.1) is 11.7 Å². The summed E-state index contributed by atoms with van der Waals surface area (Å²) < 4.78 is 0. The maximum Gasteiger partial charge on any atom is 0.322 e. The monoisotopic (exact) mass is 433 g/mol. The Morgan fingerprint density at radius 1 is 1.09 bits per heavy atom. The first-order chi connectivity index (χ1) is 15.5. The molecule has 3 aliphatic heterocycles. The lowest BCUT2D eigenvalue weighted by atomic mass is 10.0.